The molecule has 0 spiro atoms. The first-order valence-electron chi connectivity index (χ1n) is 5.01. The fourth-order valence-corrected chi connectivity index (χ4v) is 4.24. The van der Waals surface area contributed by atoms with Crippen molar-refractivity contribution in [3.8, 4) is 0 Å². The molecule has 0 N–H and O–H groups in total. The van der Waals surface area contributed by atoms with E-state index >= 15 is 0 Å². The van der Waals surface area contributed by atoms with Crippen LogP contribution in [0.3, 0.4) is 0 Å². The first kappa shape index (κ1) is 12.9. The van der Waals surface area contributed by atoms with Crippen molar-refractivity contribution < 1.29 is 4.79 Å². The topological polar surface area (TPSA) is 47.8 Å². The molecule has 2 aromatic heterocycles. The molecule has 7 heteroatoms. The minimum absolute atomic E-state index is 0.0581. The molecular formula is C10H9Br2N3OS. The van der Waals surface area contributed by atoms with Crippen molar-refractivity contribution in [1.29, 1.82) is 0 Å². The van der Waals surface area contributed by atoms with Crippen LogP contribution in [0.5, 0.6) is 0 Å². The molecule has 0 radical (unpaired) electrons. The van der Waals surface area contributed by atoms with Crippen molar-refractivity contribution in [1.82, 2.24) is 15.0 Å². The van der Waals surface area contributed by atoms with Crippen molar-refractivity contribution in [3.05, 3.63) is 31.1 Å². The van der Waals surface area contributed by atoms with Gasteiger partial charge in [0.1, 0.15) is 5.69 Å². The van der Waals surface area contributed by atoms with Gasteiger partial charge in [0.05, 0.1) is 19.3 Å². The Balaban J connectivity index is 2.37. The molecule has 0 amide bonds. The number of ketones is 1. The Morgan fingerprint density at radius 2 is 2.29 bits per heavy atom. The van der Waals surface area contributed by atoms with Crippen LogP contribution in [-0.4, -0.2) is 20.8 Å². The van der Waals surface area contributed by atoms with E-state index in [1.165, 1.54) is 17.5 Å². The van der Waals surface area contributed by atoms with E-state index in [9.17, 15) is 4.79 Å². The third-order valence-electron chi connectivity index (χ3n) is 2.19. The Bertz CT molecular complexity index is 549. The van der Waals surface area contributed by atoms with Gasteiger partial charge in [0.25, 0.3) is 0 Å². The smallest absolute Gasteiger partial charge is 0.214 e. The highest BCUT2D eigenvalue weighted by atomic mass is 79.9. The van der Waals surface area contributed by atoms with Gasteiger partial charge in [-0.05, 0) is 44.3 Å². The Morgan fingerprint density at radius 3 is 2.88 bits per heavy atom. The van der Waals surface area contributed by atoms with Crippen LogP contribution in [-0.2, 0) is 6.54 Å². The highest BCUT2D eigenvalue weighted by Gasteiger charge is 2.19. The SMILES string of the molecule is CCCn1nncc1C(=O)c1cc(Br)sc1Br. The lowest BCUT2D eigenvalue weighted by Crippen LogP contribution is -2.11. The van der Waals surface area contributed by atoms with Crippen LogP contribution in [0.4, 0.5) is 0 Å². The van der Waals surface area contributed by atoms with E-state index in [2.05, 4.69) is 42.2 Å². The number of aromatic nitrogens is 3. The van der Waals surface area contributed by atoms with Gasteiger partial charge in [-0.1, -0.05) is 12.1 Å². The number of carbonyl (C=O) groups is 1. The number of halogens is 2. The van der Waals surface area contributed by atoms with Crippen LogP contribution in [0.15, 0.2) is 19.8 Å². The maximum Gasteiger partial charge on any atom is 0.214 e. The molecule has 0 atom stereocenters. The zero-order chi connectivity index (χ0) is 12.4. The summed E-state index contributed by atoms with van der Waals surface area (Å²) in [7, 11) is 0. The molecule has 0 aliphatic rings. The molecule has 4 nitrogen and oxygen atoms in total. The number of rotatable bonds is 4. The summed E-state index contributed by atoms with van der Waals surface area (Å²) in [6, 6.07) is 1.81. The molecule has 0 unspecified atom stereocenters. The minimum atomic E-state index is -0.0581. The van der Waals surface area contributed by atoms with Gasteiger partial charge in [0, 0.05) is 6.54 Å². The molecule has 0 saturated carbocycles. The fraction of sp³-hybridized carbons (Fsp3) is 0.300. The summed E-state index contributed by atoms with van der Waals surface area (Å²) in [6.45, 7) is 2.73. The Labute approximate surface area is 119 Å². The Kier molecular flexibility index (Phi) is 4.11. The molecular weight excluding hydrogens is 370 g/mol. The molecule has 17 heavy (non-hydrogen) atoms. The highest BCUT2D eigenvalue weighted by molar-refractivity contribution is 9.12. The van der Waals surface area contributed by atoms with E-state index in [0.717, 1.165) is 14.0 Å². The summed E-state index contributed by atoms with van der Waals surface area (Å²) in [5, 5.41) is 7.70. The number of nitrogens with zero attached hydrogens (tertiary/aromatic N) is 3. The van der Waals surface area contributed by atoms with E-state index in [-0.39, 0.29) is 5.78 Å². The van der Waals surface area contributed by atoms with E-state index in [1.807, 2.05) is 6.92 Å². The van der Waals surface area contributed by atoms with Crippen molar-refractivity contribution in [2.75, 3.05) is 0 Å². The van der Waals surface area contributed by atoms with Gasteiger partial charge >= 0.3 is 0 Å². The molecule has 0 fully saturated rings. The lowest BCUT2D eigenvalue weighted by atomic mass is 10.2. The second-order valence-corrected chi connectivity index (χ2v) is 7.16. The zero-order valence-electron chi connectivity index (χ0n) is 8.98. The van der Waals surface area contributed by atoms with Crippen LogP contribution < -0.4 is 0 Å². The van der Waals surface area contributed by atoms with Crippen LogP contribution in [0.1, 0.15) is 29.4 Å². The van der Waals surface area contributed by atoms with Gasteiger partial charge in [0.2, 0.25) is 5.78 Å². The Morgan fingerprint density at radius 1 is 1.53 bits per heavy atom. The number of hydrogen-bond donors (Lipinski definition) is 0. The van der Waals surface area contributed by atoms with Crippen molar-refractivity contribution in [2.24, 2.45) is 0 Å². The normalized spacial score (nSPS) is 10.8. The first-order valence-corrected chi connectivity index (χ1v) is 7.41. The van der Waals surface area contributed by atoms with Gasteiger partial charge in [-0.25, -0.2) is 4.68 Å². The molecule has 2 rings (SSSR count). The molecule has 90 valence electrons. The van der Waals surface area contributed by atoms with Gasteiger partial charge in [0.15, 0.2) is 0 Å². The van der Waals surface area contributed by atoms with Gasteiger partial charge in [-0.3, -0.25) is 4.79 Å². The third kappa shape index (κ3) is 2.66. The average molecular weight is 379 g/mol. The summed E-state index contributed by atoms with van der Waals surface area (Å²) < 4.78 is 3.38. The molecule has 0 aliphatic carbocycles. The second-order valence-electron chi connectivity index (χ2n) is 3.41. The zero-order valence-corrected chi connectivity index (χ0v) is 13.0. The lowest BCUT2D eigenvalue weighted by molar-refractivity contribution is 0.102. The molecule has 0 aliphatic heterocycles. The lowest BCUT2D eigenvalue weighted by Gasteiger charge is -2.02. The van der Waals surface area contributed by atoms with Gasteiger partial charge in [-0.15, -0.1) is 16.4 Å². The first-order chi connectivity index (χ1) is 8.13. The molecule has 0 aromatic carbocycles. The summed E-state index contributed by atoms with van der Waals surface area (Å²) >= 11 is 8.22. The standard InChI is InChI=1S/C10H9Br2N3OS/c1-2-3-15-7(5-13-14-15)9(16)6-4-8(11)17-10(6)12/h4-5H,2-3H2,1H3. The molecule has 0 saturated heterocycles. The van der Waals surface area contributed by atoms with E-state index in [4.69, 9.17) is 0 Å². The quantitative estimate of drug-likeness (QED) is 0.765. The molecule has 0 bridgehead atoms. The van der Waals surface area contributed by atoms with Crippen LogP contribution >= 0.6 is 43.2 Å². The van der Waals surface area contributed by atoms with Crippen molar-refractivity contribution >= 4 is 49.0 Å². The third-order valence-corrected chi connectivity index (χ3v) is 4.53. The fourth-order valence-electron chi connectivity index (χ4n) is 1.44. The molecule has 2 heterocycles. The van der Waals surface area contributed by atoms with E-state index in [0.29, 0.717) is 17.8 Å². The van der Waals surface area contributed by atoms with Crippen molar-refractivity contribution in [2.45, 2.75) is 19.9 Å². The van der Waals surface area contributed by atoms with Crippen LogP contribution in [0.2, 0.25) is 0 Å². The summed E-state index contributed by atoms with van der Waals surface area (Å²) in [5.41, 5.74) is 1.17. The molecule has 2 aromatic rings. The van der Waals surface area contributed by atoms with Gasteiger partial charge < -0.3 is 0 Å². The maximum absolute atomic E-state index is 12.3. The number of carbonyl (C=O) groups excluding carboxylic acids is 1. The number of hydrogen-bond acceptors (Lipinski definition) is 4. The Hall–Kier alpha value is -0.530. The maximum atomic E-state index is 12.3. The summed E-state index contributed by atoms with van der Waals surface area (Å²) in [4.78, 5) is 12.3. The monoisotopic (exact) mass is 377 g/mol. The second kappa shape index (κ2) is 5.41. The van der Waals surface area contributed by atoms with Gasteiger partial charge in [-0.2, -0.15) is 0 Å². The van der Waals surface area contributed by atoms with E-state index in [1.54, 1.807) is 10.7 Å². The number of aryl methyl sites for hydroxylation is 1. The summed E-state index contributed by atoms with van der Waals surface area (Å²) in [5.74, 6) is -0.0581. The summed E-state index contributed by atoms with van der Waals surface area (Å²) in [6.07, 6.45) is 2.42. The average Bonchev–Trinajstić information content (AvgIpc) is 2.85. The number of thiophene rings is 1. The highest BCUT2D eigenvalue weighted by Crippen LogP contribution is 2.33. The van der Waals surface area contributed by atoms with Crippen LogP contribution in [0, 0.1) is 0 Å². The minimum Gasteiger partial charge on any atom is -0.287 e. The van der Waals surface area contributed by atoms with Crippen molar-refractivity contribution in [3.63, 3.8) is 0 Å². The predicted molar refractivity (Wildman–Crippen MR) is 73.5 cm³/mol. The van der Waals surface area contributed by atoms with Crippen LogP contribution in [0.25, 0.3) is 0 Å². The van der Waals surface area contributed by atoms with E-state index < -0.39 is 0 Å². The predicted octanol–water partition coefficient (Wildman–Crippen LogP) is 3.51. The largest absolute Gasteiger partial charge is 0.287 e.